The summed E-state index contributed by atoms with van der Waals surface area (Å²) in [5.41, 5.74) is -0.699. The highest BCUT2D eigenvalue weighted by Crippen LogP contribution is 2.43. The number of carbonyl (C=O) groups is 1. The van der Waals surface area contributed by atoms with E-state index < -0.39 is 41.1 Å². The van der Waals surface area contributed by atoms with Crippen LogP contribution in [0.5, 0.6) is 0 Å². The van der Waals surface area contributed by atoms with Crippen LogP contribution in [0.4, 0.5) is 13.2 Å². The lowest BCUT2D eigenvalue weighted by molar-refractivity contribution is -0.137. The number of nitrogens with one attached hydrogen (secondary N) is 1. The van der Waals surface area contributed by atoms with Crippen molar-refractivity contribution in [2.75, 3.05) is 0 Å². The first-order valence-electron chi connectivity index (χ1n) is 10.7. The van der Waals surface area contributed by atoms with Gasteiger partial charge in [0, 0.05) is 11.1 Å². The summed E-state index contributed by atoms with van der Waals surface area (Å²) in [6.07, 6.45) is -3.51. The highest BCUT2D eigenvalue weighted by atomic mass is 19.4. The van der Waals surface area contributed by atoms with E-state index in [0.717, 1.165) is 0 Å². The molecule has 188 valence electrons. The Bertz CT molecular complexity index is 1500. The SMILES string of the molecule is O=C(NCc1ncco1)[C@H](O)c1ccc(-c2noc(-c3onc(-c4ccccc4)c3C(F)(F)F)n2)cc1. The number of aliphatic hydroxyl groups excluding tert-OH is 1. The Hall–Kier alpha value is -4.78. The van der Waals surface area contributed by atoms with Crippen molar-refractivity contribution in [1.29, 1.82) is 0 Å². The molecule has 3 heterocycles. The Morgan fingerprint density at radius 2 is 1.76 bits per heavy atom. The summed E-state index contributed by atoms with van der Waals surface area (Å²) in [5.74, 6) is -1.64. The van der Waals surface area contributed by atoms with E-state index >= 15 is 0 Å². The molecule has 0 radical (unpaired) electrons. The Morgan fingerprint density at radius 1 is 1.00 bits per heavy atom. The van der Waals surface area contributed by atoms with Crippen molar-refractivity contribution >= 4 is 5.91 Å². The number of halogens is 3. The van der Waals surface area contributed by atoms with Crippen molar-refractivity contribution < 1.29 is 36.5 Å². The Balaban J connectivity index is 1.36. The quantitative estimate of drug-likeness (QED) is 0.325. The summed E-state index contributed by atoms with van der Waals surface area (Å²) >= 11 is 0. The summed E-state index contributed by atoms with van der Waals surface area (Å²) < 4.78 is 56.8. The van der Waals surface area contributed by atoms with Gasteiger partial charge in [0.25, 0.3) is 11.8 Å². The zero-order valence-corrected chi connectivity index (χ0v) is 18.6. The number of aromatic nitrogens is 4. The van der Waals surface area contributed by atoms with Gasteiger partial charge in [-0.2, -0.15) is 18.2 Å². The van der Waals surface area contributed by atoms with Gasteiger partial charge < -0.3 is 23.9 Å². The number of carbonyl (C=O) groups excluding carboxylic acids is 1. The lowest BCUT2D eigenvalue weighted by Gasteiger charge is -2.11. The van der Waals surface area contributed by atoms with Gasteiger partial charge in [-0.3, -0.25) is 4.79 Å². The van der Waals surface area contributed by atoms with E-state index in [1.54, 1.807) is 18.2 Å². The summed E-state index contributed by atoms with van der Waals surface area (Å²) in [6.45, 7) is 0.000149. The summed E-state index contributed by atoms with van der Waals surface area (Å²) in [5, 5.41) is 20.1. The van der Waals surface area contributed by atoms with Gasteiger partial charge in [0.05, 0.1) is 12.7 Å². The second kappa shape index (κ2) is 9.70. The Labute approximate surface area is 205 Å². The number of aliphatic hydroxyl groups is 1. The number of rotatable bonds is 7. The number of nitrogens with zero attached hydrogens (tertiary/aromatic N) is 4. The fourth-order valence-electron chi connectivity index (χ4n) is 3.49. The van der Waals surface area contributed by atoms with Crippen LogP contribution >= 0.6 is 0 Å². The van der Waals surface area contributed by atoms with Gasteiger partial charge in [-0.05, 0) is 5.56 Å². The van der Waals surface area contributed by atoms with Crippen LogP contribution in [0.1, 0.15) is 23.1 Å². The molecule has 1 amide bonds. The molecule has 5 rings (SSSR count). The predicted molar refractivity (Wildman–Crippen MR) is 119 cm³/mol. The number of amides is 1. The van der Waals surface area contributed by atoms with Crippen LogP contribution in [0.2, 0.25) is 0 Å². The van der Waals surface area contributed by atoms with E-state index in [1.807, 2.05) is 0 Å². The van der Waals surface area contributed by atoms with Crippen LogP contribution in [-0.2, 0) is 17.5 Å². The van der Waals surface area contributed by atoms with Crippen LogP contribution in [0.25, 0.3) is 34.3 Å². The number of oxazole rings is 1. The summed E-state index contributed by atoms with van der Waals surface area (Å²) in [6, 6.07) is 13.6. The second-order valence-electron chi connectivity index (χ2n) is 7.69. The van der Waals surface area contributed by atoms with Gasteiger partial charge in [-0.1, -0.05) is 64.9 Å². The van der Waals surface area contributed by atoms with Crippen molar-refractivity contribution in [1.82, 2.24) is 25.6 Å². The van der Waals surface area contributed by atoms with Crippen LogP contribution in [0.3, 0.4) is 0 Å². The lowest BCUT2D eigenvalue weighted by Crippen LogP contribution is -2.28. The molecule has 0 fully saturated rings. The first-order chi connectivity index (χ1) is 17.8. The van der Waals surface area contributed by atoms with Gasteiger partial charge in [0.15, 0.2) is 6.10 Å². The molecule has 0 aliphatic heterocycles. The van der Waals surface area contributed by atoms with Gasteiger partial charge in [-0.15, -0.1) is 0 Å². The zero-order valence-electron chi connectivity index (χ0n) is 18.6. The van der Waals surface area contributed by atoms with E-state index in [0.29, 0.717) is 5.56 Å². The second-order valence-corrected chi connectivity index (χ2v) is 7.69. The van der Waals surface area contributed by atoms with E-state index in [9.17, 15) is 23.1 Å². The van der Waals surface area contributed by atoms with E-state index in [1.165, 1.54) is 48.9 Å². The van der Waals surface area contributed by atoms with Gasteiger partial charge in [-0.25, -0.2) is 4.98 Å². The molecule has 0 saturated heterocycles. The Morgan fingerprint density at radius 3 is 2.43 bits per heavy atom. The van der Waals surface area contributed by atoms with Crippen LogP contribution < -0.4 is 5.32 Å². The topological polar surface area (TPSA) is 140 Å². The molecule has 0 spiro atoms. The maximum Gasteiger partial charge on any atom is 0.422 e. The van der Waals surface area contributed by atoms with Crippen molar-refractivity contribution in [2.24, 2.45) is 0 Å². The molecule has 0 bridgehead atoms. The zero-order chi connectivity index (χ0) is 26.0. The number of alkyl halides is 3. The molecule has 10 nitrogen and oxygen atoms in total. The van der Waals surface area contributed by atoms with Gasteiger partial charge in [0.1, 0.15) is 17.5 Å². The molecular weight excluding hydrogens is 495 g/mol. The minimum absolute atomic E-state index is 0.000149. The van der Waals surface area contributed by atoms with Gasteiger partial charge >= 0.3 is 6.18 Å². The van der Waals surface area contributed by atoms with Crippen molar-refractivity contribution in [2.45, 2.75) is 18.8 Å². The summed E-state index contributed by atoms with van der Waals surface area (Å²) in [4.78, 5) is 20.1. The molecular formula is C24H16F3N5O5. The maximum absolute atomic E-state index is 13.9. The monoisotopic (exact) mass is 511 g/mol. The molecule has 0 saturated carbocycles. The highest BCUT2D eigenvalue weighted by molar-refractivity contribution is 5.82. The van der Waals surface area contributed by atoms with Crippen LogP contribution in [0, 0.1) is 0 Å². The summed E-state index contributed by atoms with van der Waals surface area (Å²) in [7, 11) is 0. The predicted octanol–water partition coefficient (Wildman–Crippen LogP) is 4.42. The molecule has 37 heavy (non-hydrogen) atoms. The molecule has 13 heteroatoms. The smallest absolute Gasteiger partial charge is 0.422 e. The average molecular weight is 511 g/mol. The molecule has 5 aromatic rings. The average Bonchev–Trinajstić information content (AvgIpc) is 3.67. The van der Waals surface area contributed by atoms with Crippen molar-refractivity contribution in [3.63, 3.8) is 0 Å². The number of hydrogen-bond donors (Lipinski definition) is 2. The molecule has 2 aromatic carbocycles. The van der Waals surface area contributed by atoms with Crippen LogP contribution in [0.15, 0.2) is 80.5 Å². The van der Waals surface area contributed by atoms with Crippen molar-refractivity contribution in [3.05, 3.63) is 84.1 Å². The number of hydrogen-bond acceptors (Lipinski definition) is 9. The fraction of sp³-hybridized carbons (Fsp3) is 0.125. The number of benzene rings is 2. The minimum Gasteiger partial charge on any atom is -0.447 e. The minimum atomic E-state index is -4.81. The van der Waals surface area contributed by atoms with E-state index in [-0.39, 0.29) is 29.4 Å². The highest BCUT2D eigenvalue weighted by Gasteiger charge is 2.43. The fourth-order valence-corrected chi connectivity index (χ4v) is 3.49. The van der Waals surface area contributed by atoms with Crippen molar-refractivity contribution in [3.8, 4) is 34.3 Å². The molecule has 2 N–H and O–H groups in total. The van der Waals surface area contributed by atoms with Gasteiger partial charge in [0.2, 0.25) is 17.5 Å². The largest absolute Gasteiger partial charge is 0.447 e. The normalized spacial score (nSPS) is 12.4. The third-order valence-corrected chi connectivity index (χ3v) is 5.27. The molecule has 0 unspecified atom stereocenters. The van der Waals surface area contributed by atoms with Crippen LogP contribution in [-0.4, -0.2) is 31.3 Å². The molecule has 3 aromatic heterocycles. The molecule has 1 atom stereocenters. The first kappa shape index (κ1) is 23.9. The third-order valence-electron chi connectivity index (χ3n) is 5.27. The lowest BCUT2D eigenvalue weighted by atomic mass is 10.1. The molecule has 0 aliphatic rings. The third kappa shape index (κ3) is 4.97. The first-order valence-corrected chi connectivity index (χ1v) is 10.7. The standard InChI is InChI=1S/C24H16F3N5O5/c25-24(26,27)17-18(13-4-2-1-3-5-13)31-36-20(17)23-30-21(32-37-23)15-8-6-14(7-9-15)19(33)22(34)29-12-16-28-10-11-35-16/h1-11,19,33H,12H2,(H,29,34)/t19-/m1/s1. The maximum atomic E-state index is 13.9. The Kier molecular flexibility index (Phi) is 6.27. The van der Waals surface area contributed by atoms with E-state index in [2.05, 4.69) is 25.6 Å². The van der Waals surface area contributed by atoms with E-state index in [4.69, 9.17) is 13.5 Å². The molecule has 0 aliphatic carbocycles.